The van der Waals surface area contributed by atoms with Crippen molar-refractivity contribution in [2.24, 2.45) is 0 Å². The molecule has 108 valence electrons. The number of benzene rings is 2. The first-order chi connectivity index (χ1) is 9.88. The number of halogens is 2. The molecule has 0 aromatic heterocycles. The van der Waals surface area contributed by atoms with E-state index in [0.29, 0.717) is 10.0 Å². The van der Waals surface area contributed by atoms with Crippen LogP contribution >= 0.6 is 31.9 Å². The SMILES string of the molecule is Cc1ccc(NC(=O)c2ccc(Br)cc2Br)c(C(=O)O)c1. The highest BCUT2D eigenvalue weighted by atomic mass is 79.9. The van der Waals surface area contributed by atoms with Gasteiger partial charge in [-0.2, -0.15) is 0 Å². The molecule has 0 bridgehead atoms. The minimum atomic E-state index is -1.08. The largest absolute Gasteiger partial charge is 0.478 e. The molecule has 2 N–H and O–H groups in total. The zero-order valence-corrected chi connectivity index (χ0v) is 14.2. The van der Waals surface area contributed by atoms with Gasteiger partial charge < -0.3 is 10.4 Å². The van der Waals surface area contributed by atoms with Gasteiger partial charge in [0, 0.05) is 8.95 Å². The summed E-state index contributed by atoms with van der Waals surface area (Å²) in [6, 6.07) is 10.0. The molecule has 1 amide bonds. The average molecular weight is 413 g/mol. The summed E-state index contributed by atoms with van der Waals surface area (Å²) in [6.45, 7) is 1.79. The van der Waals surface area contributed by atoms with Gasteiger partial charge in [0.15, 0.2) is 0 Å². The van der Waals surface area contributed by atoms with Gasteiger partial charge in [-0.1, -0.05) is 27.6 Å². The Balaban J connectivity index is 2.34. The topological polar surface area (TPSA) is 66.4 Å². The molecular weight excluding hydrogens is 402 g/mol. The van der Waals surface area contributed by atoms with Crippen LogP contribution < -0.4 is 5.32 Å². The van der Waals surface area contributed by atoms with E-state index >= 15 is 0 Å². The number of hydrogen-bond acceptors (Lipinski definition) is 2. The van der Waals surface area contributed by atoms with Gasteiger partial charge in [-0.05, 0) is 53.2 Å². The Labute approximate surface area is 138 Å². The maximum absolute atomic E-state index is 12.3. The Bertz CT molecular complexity index is 729. The Morgan fingerprint density at radius 2 is 1.76 bits per heavy atom. The summed E-state index contributed by atoms with van der Waals surface area (Å²) >= 11 is 6.62. The number of hydrogen-bond donors (Lipinski definition) is 2. The molecular formula is C15H11Br2NO3. The van der Waals surface area contributed by atoms with Crippen LogP contribution in [0.15, 0.2) is 45.3 Å². The standard InChI is InChI=1S/C15H11Br2NO3/c1-8-2-5-13(11(6-8)15(20)21)18-14(19)10-4-3-9(16)7-12(10)17/h2-7H,1H3,(H,18,19)(H,20,21). The zero-order valence-electron chi connectivity index (χ0n) is 11.0. The molecule has 0 spiro atoms. The van der Waals surface area contributed by atoms with E-state index in [0.717, 1.165) is 10.0 Å². The summed E-state index contributed by atoms with van der Waals surface area (Å²) in [5.74, 6) is -1.45. The molecule has 2 aromatic rings. The maximum atomic E-state index is 12.3. The quantitative estimate of drug-likeness (QED) is 0.781. The molecule has 0 aliphatic rings. The van der Waals surface area contributed by atoms with E-state index in [-0.39, 0.29) is 17.2 Å². The van der Waals surface area contributed by atoms with Crippen molar-refractivity contribution in [2.45, 2.75) is 6.92 Å². The lowest BCUT2D eigenvalue weighted by Gasteiger charge is -2.10. The molecule has 6 heteroatoms. The zero-order chi connectivity index (χ0) is 15.6. The van der Waals surface area contributed by atoms with Gasteiger partial charge in [0.2, 0.25) is 0 Å². The number of rotatable bonds is 3. The molecule has 0 heterocycles. The molecule has 0 radical (unpaired) electrons. The lowest BCUT2D eigenvalue weighted by Crippen LogP contribution is -2.15. The molecule has 21 heavy (non-hydrogen) atoms. The second-order valence-electron chi connectivity index (χ2n) is 4.43. The summed E-state index contributed by atoms with van der Waals surface area (Å²) in [5, 5.41) is 11.8. The number of aromatic carboxylic acids is 1. The molecule has 2 rings (SSSR count). The summed E-state index contributed by atoms with van der Waals surface area (Å²) in [4.78, 5) is 23.5. The van der Waals surface area contributed by atoms with E-state index in [1.54, 1.807) is 37.3 Å². The van der Waals surface area contributed by atoms with Crippen molar-refractivity contribution < 1.29 is 14.7 Å². The Hall–Kier alpha value is -1.66. The number of nitrogens with one attached hydrogen (secondary N) is 1. The van der Waals surface area contributed by atoms with Gasteiger partial charge in [0.05, 0.1) is 16.8 Å². The van der Waals surface area contributed by atoms with E-state index in [2.05, 4.69) is 37.2 Å². The third-order valence-corrected chi connectivity index (χ3v) is 3.98. The number of amides is 1. The Kier molecular flexibility index (Phi) is 4.80. The lowest BCUT2D eigenvalue weighted by molar-refractivity contribution is 0.0698. The molecule has 4 nitrogen and oxygen atoms in total. The van der Waals surface area contributed by atoms with Crippen LogP contribution in [-0.2, 0) is 0 Å². The van der Waals surface area contributed by atoms with Crippen molar-refractivity contribution in [2.75, 3.05) is 5.32 Å². The Morgan fingerprint density at radius 3 is 2.38 bits per heavy atom. The van der Waals surface area contributed by atoms with Gasteiger partial charge in [-0.15, -0.1) is 0 Å². The van der Waals surface area contributed by atoms with Crippen LogP contribution in [0.1, 0.15) is 26.3 Å². The molecule has 0 aliphatic heterocycles. The van der Waals surface area contributed by atoms with Gasteiger partial charge in [0.1, 0.15) is 0 Å². The van der Waals surface area contributed by atoms with Crippen molar-refractivity contribution in [3.05, 3.63) is 62.0 Å². The second kappa shape index (κ2) is 6.41. The molecule has 0 saturated carbocycles. The third-order valence-electron chi connectivity index (χ3n) is 2.83. The molecule has 0 aliphatic carbocycles. The smallest absolute Gasteiger partial charge is 0.337 e. The third kappa shape index (κ3) is 3.71. The summed E-state index contributed by atoms with van der Waals surface area (Å²) in [6.07, 6.45) is 0. The highest BCUT2D eigenvalue weighted by Crippen LogP contribution is 2.24. The number of carbonyl (C=O) groups excluding carboxylic acids is 1. The first-order valence-electron chi connectivity index (χ1n) is 5.99. The number of carboxylic acids is 1. The van der Waals surface area contributed by atoms with Gasteiger partial charge in [0.25, 0.3) is 5.91 Å². The van der Waals surface area contributed by atoms with E-state index in [1.165, 1.54) is 6.07 Å². The lowest BCUT2D eigenvalue weighted by atomic mass is 10.1. The van der Waals surface area contributed by atoms with Gasteiger partial charge in [-0.25, -0.2) is 4.79 Å². The number of carbonyl (C=O) groups is 2. The summed E-state index contributed by atoms with van der Waals surface area (Å²) in [5.41, 5.74) is 1.58. The fourth-order valence-corrected chi connectivity index (χ4v) is 3.03. The molecule has 2 aromatic carbocycles. The van der Waals surface area contributed by atoms with Crippen LogP contribution in [-0.4, -0.2) is 17.0 Å². The van der Waals surface area contributed by atoms with Gasteiger partial charge in [-0.3, -0.25) is 4.79 Å². The van der Waals surface area contributed by atoms with Crippen LogP contribution in [0.2, 0.25) is 0 Å². The summed E-state index contributed by atoms with van der Waals surface area (Å²) in [7, 11) is 0. The average Bonchev–Trinajstić information content (AvgIpc) is 2.40. The molecule has 0 atom stereocenters. The minimum Gasteiger partial charge on any atom is -0.478 e. The maximum Gasteiger partial charge on any atom is 0.337 e. The Morgan fingerprint density at radius 1 is 1.05 bits per heavy atom. The van der Waals surface area contributed by atoms with Crippen LogP contribution in [0, 0.1) is 6.92 Å². The highest BCUT2D eigenvalue weighted by Gasteiger charge is 2.15. The number of anilines is 1. The van der Waals surface area contributed by atoms with E-state index in [1.807, 2.05) is 0 Å². The highest BCUT2D eigenvalue weighted by molar-refractivity contribution is 9.11. The fourth-order valence-electron chi connectivity index (χ4n) is 1.81. The first kappa shape index (κ1) is 15.7. The van der Waals surface area contributed by atoms with Crippen molar-refractivity contribution in [3.63, 3.8) is 0 Å². The minimum absolute atomic E-state index is 0.0663. The second-order valence-corrected chi connectivity index (χ2v) is 6.20. The predicted molar refractivity (Wildman–Crippen MR) is 87.9 cm³/mol. The monoisotopic (exact) mass is 411 g/mol. The van der Waals surface area contributed by atoms with Crippen molar-refractivity contribution in [1.82, 2.24) is 0 Å². The van der Waals surface area contributed by atoms with E-state index < -0.39 is 5.97 Å². The van der Waals surface area contributed by atoms with Crippen molar-refractivity contribution in [1.29, 1.82) is 0 Å². The van der Waals surface area contributed by atoms with Crippen molar-refractivity contribution in [3.8, 4) is 0 Å². The number of aryl methyl sites for hydroxylation is 1. The van der Waals surface area contributed by atoms with Crippen LogP contribution in [0.25, 0.3) is 0 Å². The van der Waals surface area contributed by atoms with Gasteiger partial charge >= 0.3 is 5.97 Å². The number of carboxylic acid groups (broad SMARTS) is 1. The van der Waals surface area contributed by atoms with Crippen LogP contribution in [0.5, 0.6) is 0 Å². The van der Waals surface area contributed by atoms with Crippen molar-refractivity contribution >= 4 is 49.4 Å². The first-order valence-corrected chi connectivity index (χ1v) is 7.57. The van der Waals surface area contributed by atoms with E-state index in [9.17, 15) is 14.7 Å². The predicted octanol–water partition coefficient (Wildman–Crippen LogP) is 4.47. The van der Waals surface area contributed by atoms with Crippen LogP contribution in [0.3, 0.4) is 0 Å². The molecule has 0 unspecified atom stereocenters. The normalized spacial score (nSPS) is 10.2. The molecule has 0 fully saturated rings. The molecule has 0 saturated heterocycles. The van der Waals surface area contributed by atoms with Crippen LogP contribution in [0.4, 0.5) is 5.69 Å². The van der Waals surface area contributed by atoms with E-state index in [4.69, 9.17) is 0 Å². The summed E-state index contributed by atoms with van der Waals surface area (Å²) < 4.78 is 1.46. The fraction of sp³-hybridized carbons (Fsp3) is 0.0667.